The first kappa shape index (κ1) is 31.0. The molecule has 1 aliphatic heterocycles. The molecule has 1 fully saturated rings. The Bertz CT molecular complexity index is 1510. The number of hydrogen-bond donors (Lipinski definition) is 4. The number of ether oxygens (including phenoxy) is 1. The number of amides is 3. The molecule has 0 aromatic heterocycles. The highest BCUT2D eigenvalue weighted by Gasteiger charge is 2.36. The van der Waals surface area contributed by atoms with E-state index in [2.05, 4.69) is 15.5 Å². The summed E-state index contributed by atoms with van der Waals surface area (Å²) in [7, 11) is 1.99. The van der Waals surface area contributed by atoms with Crippen LogP contribution < -0.4 is 21.1 Å². The van der Waals surface area contributed by atoms with Crippen molar-refractivity contribution in [1.82, 2.24) is 9.80 Å². The first-order valence-electron chi connectivity index (χ1n) is 15.1. The van der Waals surface area contributed by atoms with Crippen molar-refractivity contribution in [3.8, 4) is 5.75 Å². The van der Waals surface area contributed by atoms with Crippen molar-refractivity contribution in [2.75, 3.05) is 43.1 Å². The molecule has 3 amide bonds. The van der Waals surface area contributed by atoms with E-state index in [1.807, 2.05) is 45.2 Å². The van der Waals surface area contributed by atoms with Gasteiger partial charge in [0.15, 0.2) is 5.75 Å². The number of aliphatic hydroxyl groups is 1. The van der Waals surface area contributed by atoms with Gasteiger partial charge in [-0.3, -0.25) is 19.3 Å². The van der Waals surface area contributed by atoms with Gasteiger partial charge in [0.2, 0.25) is 5.91 Å². The lowest BCUT2D eigenvalue weighted by molar-refractivity contribution is -0.117. The number of fused-ring (bicyclic) bond motifs is 1. The predicted molar refractivity (Wildman–Crippen MR) is 171 cm³/mol. The van der Waals surface area contributed by atoms with Gasteiger partial charge in [-0.05, 0) is 68.8 Å². The quantitative estimate of drug-likeness (QED) is 0.256. The second-order valence-electron chi connectivity index (χ2n) is 12.0. The highest BCUT2D eigenvalue weighted by molar-refractivity contribution is 6.05. The summed E-state index contributed by atoms with van der Waals surface area (Å²) >= 11 is 0. The number of nitrogen functional groups attached to an aromatic ring is 1. The topological polar surface area (TPSA) is 137 Å². The van der Waals surface area contributed by atoms with Crippen molar-refractivity contribution in [1.29, 1.82) is 0 Å². The molecule has 232 valence electrons. The molecule has 44 heavy (non-hydrogen) atoms. The first-order valence-corrected chi connectivity index (χ1v) is 15.1. The summed E-state index contributed by atoms with van der Waals surface area (Å²) in [6.45, 7) is 5.24. The molecular weight excluding hydrogens is 558 g/mol. The van der Waals surface area contributed by atoms with E-state index in [9.17, 15) is 19.5 Å². The van der Waals surface area contributed by atoms with Crippen LogP contribution in [-0.2, 0) is 11.3 Å². The van der Waals surface area contributed by atoms with Crippen molar-refractivity contribution >= 4 is 34.8 Å². The molecule has 10 nitrogen and oxygen atoms in total. The Morgan fingerprint density at radius 3 is 2.43 bits per heavy atom. The van der Waals surface area contributed by atoms with Gasteiger partial charge in [0.1, 0.15) is 6.10 Å². The van der Waals surface area contributed by atoms with Gasteiger partial charge in [-0.1, -0.05) is 37.3 Å². The molecule has 5 rings (SSSR count). The van der Waals surface area contributed by atoms with Crippen molar-refractivity contribution in [3.63, 3.8) is 0 Å². The molecule has 0 bridgehead atoms. The van der Waals surface area contributed by atoms with Gasteiger partial charge in [0.05, 0.1) is 35.3 Å². The molecule has 0 saturated heterocycles. The van der Waals surface area contributed by atoms with Crippen LogP contribution in [0.1, 0.15) is 53.0 Å². The maximum atomic E-state index is 13.7. The Labute approximate surface area is 258 Å². The van der Waals surface area contributed by atoms with Crippen LogP contribution in [0.15, 0.2) is 66.7 Å². The third-order valence-corrected chi connectivity index (χ3v) is 8.27. The number of nitrogens with one attached hydrogen (secondary N) is 2. The molecule has 1 aliphatic carbocycles. The summed E-state index contributed by atoms with van der Waals surface area (Å²) in [6.07, 6.45) is 1.40. The normalized spacial score (nSPS) is 18.9. The molecule has 3 aromatic carbocycles. The average molecular weight is 600 g/mol. The number of anilines is 3. The number of benzene rings is 3. The SMILES string of the molecule is C[C@@H]1CN([C@@H](C)CO)C(=O)c2cccc(NC(=O)C3CC3)c2O[C@H]1CN(C)Cc1ccc(C(=O)Nc2ccccc2N)cc1. The second kappa shape index (κ2) is 13.5. The summed E-state index contributed by atoms with van der Waals surface area (Å²) in [6, 6.07) is 19.4. The fourth-order valence-corrected chi connectivity index (χ4v) is 5.39. The maximum Gasteiger partial charge on any atom is 0.258 e. The number of para-hydroxylation sites is 3. The number of nitrogens with two attached hydrogens (primary N) is 1. The van der Waals surface area contributed by atoms with Crippen LogP contribution in [0.3, 0.4) is 0 Å². The van der Waals surface area contributed by atoms with Gasteiger partial charge in [-0.25, -0.2) is 0 Å². The van der Waals surface area contributed by atoms with Crippen LogP contribution in [0, 0.1) is 11.8 Å². The molecule has 3 aromatic rings. The molecule has 1 heterocycles. The van der Waals surface area contributed by atoms with E-state index in [1.165, 1.54) is 0 Å². The largest absolute Gasteiger partial charge is 0.486 e. The summed E-state index contributed by atoms with van der Waals surface area (Å²) in [5.74, 6) is -0.256. The molecule has 3 atom stereocenters. The number of carbonyl (C=O) groups is 3. The van der Waals surface area contributed by atoms with Gasteiger partial charge in [-0.15, -0.1) is 0 Å². The molecule has 2 aliphatic rings. The summed E-state index contributed by atoms with van der Waals surface area (Å²) < 4.78 is 6.61. The van der Waals surface area contributed by atoms with Gasteiger partial charge >= 0.3 is 0 Å². The fraction of sp³-hybridized carbons (Fsp3) is 0.382. The second-order valence-corrected chi connectivity index (χ2v) is 12.0. The molecule has 0 unspecified atom stereocenters. The average Bonchev–Trinajstić information content (AvgIpc) is 3.86. The number of rotatable bonds is 10. The Hall–Kier alpha value is -4.41. The zero-order valence-corrected chi connectivity index (χ0v) is 25.5. The first-order chi connectivity index (χ1) is 21.1. The van der Waals surface area contributed by atoms with Crippen LogP contribution >= 0.6 is 0 Å². The highest BCUT2D eigenvalue weighted by Crippen LogP contribution is 2.37. The zero-order chi connectivity index (χ0) is 31.4. The van der Waals surface area contributed by atoms with E-state index in [0.29, 0.717) is 53.6 Å². The third-order valence-electron chi connectivity index (χ3n) is 8.27. The van der Waals surface area contributed by atoms with Crippen LogP contribution in [-0.4, -0.2) is 71.5 Å². The molecule has 0 spiro atoms. The zero-order valence-electron chi connectivity index (χ0n) is 25.5. The van der Waals surface area contributed by atoms with Crippen LogP contribution in [0.5, 0.6) is 5.75 Å². The minimum atomic E-state index is -0.381. The summed E-state index contributed by atoms with van der Waals surface area (Å²) in [5, 5.41) is 15.8. The standard InChI is InChI=1S/C34H41N5O5/c1-21-17-39(22(2)20-40)34(43)26-7-6-10-29(37-33(42)25-15-16-25)31(26)44-30(21)19-38(3)18-23-11-13-24(14-12-23)32(41)36-28-9-5-4-8-27(28)35/h4-14,21-22,25,30,40H,15-20,35H2,1-3H3,(H,36,41)(H,37,42)/t21-,22+,30+/m1/s1. The molecular formula is C34H41N5O5. The Morgan fingerprint density at radius 1 is 1.05 bits per heavy atom. The maximum absolute atomic E-state index is 13.7. The minimum Gasteiger partial charge on any atom is -0.486 e. The predicted octanol–water partition coefficient (Wildman–Crippen LogP) is 4.22. The van der Waals surface area contributed by atoms with Gasteiger partial charge in [0, 0.05) is 37.0 Å². The number of likely N-dealkylation sites (N-methyl/N-ethyl adjacent to an activating group) is 1. The van der Waals surface area contributed by atoms with E-state index >= 15 is 0 Å². The van der Waals surface area contributed by atoms with E-state index in [4.69, 9.17) is 10.5 Å². The number of hydrogen-bond acceptors (Lipinski definition) is 7. The number of nitrogens with zero attached hydrogens (tertiary/aromatic N) is 2. The van der Waals surface area contributed by atoms with Crippen LogP contribution in [0.2, 0.25) is 0 Å². The lowest BCUT2D eigenvalue weighted by Crippen LogP contribution is -2.49. The Morgan fingerprint density at radius 2 is 1.75 bits per heavy atom. The smallest absolute Gasteiger partial charge is 0.258 e. The highest BCUT2D eigenvalue weighted by atomic mass is 16.5. The summed E-state index contributed by atoms with van der Waals surface area (Å²) in [4.78, 5) is 42.9. The van der Waals surface area contributed by atoms with Crippen molar-refractivity contribution in [2.45, 2.75) is 45.4 Å². The minimum absolute atomic E-state index is 0.00388. The fourth-order valence-electron chi connectivity index (χ4n) is 5.39. The van der Waals surface area contributed by atoms with E-state index in [0.717, 1.165) is 18.4 Å². The van der Waals surface area contributed by atoms with Crippen molar-refractivity contribution < 1.29 is 24.2 Å². The van der Waals surface area contributed by atoms with E-state index in [-0.39, 0.29) is 48.3 Å². The van der Waals surface area contributed by atoms with Crippen LogP contribution in [0.25, 0.3) is 0 Å². The van der Waals surface area contributed by atoms with Crippen LogP contribution in [0.4, 0.5) is 17.1 Å². The number of carbonyl (C=O) groups excluding carboxylic acids is 3. The molecule has 0 radical (unpaired) electrons. The Kier molecular flexibility index (Phi) is 9.51. The van der Waals surface area contributed by atoms with E-state index < -0.39 is 0 Å². The van der Waals surface area contributed by atoms with Crippen molar-refractivity contribution in [3.05, 3.63) is 83.4 Å². The monoisotopic (exact) mass is 599 g/mol. The third kappa shape index (κ3) is 7.20. The summed E-state index contributed by atoms with van der Waals surface area (Å²) in [5.41, 5.74) is 9.42. The lowest BCUT2D eigenvalue weighted by Gasteiger charge is -2.38. The number of aliphatic hydroxyl groups excluding tert-OH is 1. The van der Waals surface area contributed by atoms with Crippen molar-refractivity contribution in [2.24, 2.45) is 11.8 Å². The van der Waals surface area contributed by atoms with Gasteiger partial charge < -0.3 is 31.1 Å². The van der Waals surface area contributed by atoms with Gasteiger partial charge in [0.25, 0.3) is 11.8 Å². The Balaban J connectivity index is 1.31. The van der Waals surface area contributed by atoms with Gasteiger partial charge in [-0.2, -0.15) is 0 Å². The molecule has 5 N–H and O–H groups in total. The molecule has 10 heteroatoms. The lowest BCUT2D eigenvalue weighted by atomic mass is 9.98. The molecule has 1 saturated carbocycles. The van der Waals surface area contributed by atoms with E-state index in [1.54, 1.807) is 47.4 Å².